The van der Waals surface area contributed by atoms with Crippen molar-refractivity contribution in [3.8, 4) is 0 Å². The van der Waals surface area contributed by atoms with Crippen molar-refractivity contribution < 1.29 is 28.7 Å². The fourth-order valence-electron chi connectivity index (χ4n) is 4.25. The molecule has 0 saturated heterocycles. The number of aryl methyl sites for hydroxylation is 2. The van der Waals surface area contributed by atoms with Gasteiger partial charge in [0.25, 0.3) is 5.91 Å². The van der Waals surface area contributed by atoms with Gasteiger partial charge in [-0.3, -0.25) is 9.59 Å². The zero-order valence-corrected chi connectivity index (χ0v) is 23.9. The predicted octanol–water partition coefficient (Wildman–Crippen LogP) is 4.43. The minimum absolute atomic E-state index is 0.0329. The fourth-order valence-corrected chi connectivity index (χ4v) is 7.29. The molecule has 0 atom stereocenters. The molecule has 38 heavy (non-hydrogen) atoms. The van der Waals surface area contributed by atoms with E-state index in [1.165, 1.54) is 22.7 Å². The second-order valence-electron chi connectivity index (χ2n) is 8.36. The number of amides is 2. The number of benzene rings is 1. The van der Waals surface area contributed by atoms with Crippen LogP contribution in [0.3, 0.4) is 0 Å². The number of carbonyl (C=O) groups is 4. The number of hydrogen-bond donors (Lipinski definition) is 1. The lowest BCUT2D eigenvalue weighted by atomic mass is 10.1. The summed E-state index contributed by atoms with van der Waals surface area (Å²) < 4.78 is 13.0. The second-order valence-corrected chi connectivity index (χ2v) is 11.5. The Labute approximate surface area is 232 Å². The number of nitrogens with one attached hydrogen (secondary N) is 1. The molecule has 0 unspecified atom stereocenters. The van der Waals surface area contributed by atoms with Crippen LogP contribution in [0.15, 0.2) is 23.2 Å². The molecule has 1 aromatic carbocycles. The largest absolute Gasteiger partial charge is 0.462 e. The molecule has 0 saturated carbocycles. The van der Waals surface area contributed by atoms with Gasteiger partial charge in [-0.05, 0) is 63.8 Å². The van der Waals surface area contributed by atoms with Crippen LogP contribution in [0.1, 0.15) is 58.3 Å². The van der Waals surface area contributed by atoms with Crippen molar-refractivity contribution in [3.63, 3.8) is 0 Å². The van der Waals surface area contributed by atoms with Crippen molar-refractivity contribution in [2.75, 3.05) is 30.0 Å². The molecule has 0 aliphatic heterocycles. The number of thioether (sulfide) groups is 1. The summed E-state index contributed by atoms with van der Waals surface area (Å²) in [5, 5.41) is 3.36. The van der Waals surface area contributed by atoms with Gasteiger partial charge in [-0.25, -0.2) is 9.59 Å². The maximum Gasteiger partial charge on any atom is 0.341 e. The third kappa shape index (κ3) is 6.19. The van der Waals surface area contributed by atoms with Gasteiger partial charge in [0.2, 0.25) is 5.91 Å². The van der Waals surface area contributed by atoms with E-state index in [1.807, 2.05) is 17.6 Å². The number of nitrogens with zero attached hydrogens (tertiary/aromatic N) is 2. The highest BCUT2D eigenvalue weighted by Gasteiger charge is 2.28. The van der Waals surface area contributed by atoms with Crippen LogP contribution in [0.25, 0.3) is 10.2 Å². The first-order chi connectivity index (χ1) is 18.4. The maximum atomic E-state index is 12.6. The van der Waals surface area contributed by atoms with Crippen molar-refractivity contribution >= 4 is 73.4 Å². The van der Waals surface area contributed by atoms with Crippen molar-refractivity contribution in [1.82, 2.24) is 4.57 Å². The Morgan fingerprint density at radius 2 is 1.79 bits per heavy atom. The second kappa shape index (κ2) is 12.7. The third-order valence-corrected chi connectivity index (χ3v) is 9.01. The summed E-state index contributed by atoms with van der Waals surface area (Å²) in [5.74, 6) is -1.36. The fraction of sp³-hybridized carbons (Fsp3) is 0.423. The minimum Gasteiger partial charge on any atom is -0.462 e. The van der Waals surface area contributed by atoms with E-state index in [0.717, 1.165) is 51.7 Å². The molecule has 4 rings (SSSR count). The predicted molar refractivity (Wildman–Crippen MR) is 150 cm³/mol. The van der Waals surface area contributed by atoms with E-state index in [1.54, 1.807) is 26.0 Å². The number of ether oxygens (including phenoxy) is 2. The van der Waals surface area contributed by atoms with Gasteiger partial charge in [0, 0.05) is 11.4 Å². The van der Waals surface area contributed by atoms with E-state index in [0.29, 0.717) is 34.1 Å². The van der Waals surface area contributed by atoms with Crippen LogP contribution < -0.4 is 10.1 Å². The molecule has 12 heteroatoms. The van der Waals surface area contributed by atoms with Crippen LogP contribution in [0.5, 0.6) is 0 Å². The summed E-state index contributed by atoms with van der Waals surface area (Å²) in [7, 11) is 0. The van der Waals surface area contributed by atoms with Crippen LogP contribution in [-0.4, -0.2) is 53.0 Å². The summed E-state index contributed by atoms with van der Waals surface area (Å²) >= 11 is 3.91. The summed E-state index contributed by atoms with van der Waals surface area (Å²) in [6, 6.07) is 5.28. The molecule has 1 aliphatic rings. The molecular weight excluding hydrogens is 547 g/mol. The van der Waals surface area contributed by atoms with Crippen molar-refractivity contribution in [1.29, 1.82) is 0 Å². The molecule has 0 bridgehead atoms. The van der Waals surface area contributed by atoms with Crippen LogP contribution in [0.4, 0.5) is 5.00 Å². The number of anilines is 1. The number of fused-ring (bicyclic) bond motifs is 2. The van der Waals surface area contributed by atoms with Crippen molar-refractivity contribution in [3.05, 3.63) is 44.6 Å². The lowest BCUT2D eigenvalue weighted by Gasteiger charge is -2.07. The van der Waals surface area contributed by atoms with Crippen LogP contribution in [0.2, 0.25) is 0 Å². The molecular formula is C26H29N3O6S3. The van der Waals surface area contributed by atoms with E-state index < -0.39 is 11.9 Å². The first-order valence-corrected chi connectivity index (χ1v) is 15.2. The Kier molecular flexibility index (Phi) is 9.40. The summed E-state index contributed by atoms with van der Waals surface area (Å²) in [6.07, 6.45) is 2.69. The number of hydrogen-bond acceptors (Lipinski definition) is 9. The molecule has 2 amide bonds. The Morgan fingerprint density at radius 1 is 1.03 bits per heavy atom. The number of aromatic nitrogens is 1. The van der Waals surface area contributed by atoms with Gasteiger partial charge in [0.15, 0.2) is 4.80 Å². The highest BCUT2D eigenvalue weighted by atomic mass is 32.2. The number of rotatable bonds is 10. The molecule has 0 radical (unpaired) electrons. The molecule has 0 spiro atoms. The zero-order valence-electron chi connectivity index (χ0n) is 21.5. The van der Waals surface area contributed by atoms with E-state index in [4.69, 9.17) is 9.47 Å². The molecule has 0 fully saturated rings. The number of thiophene rings is 1. The molecule has 2 heterocycles. The number of carbonyl (C=O) groups excluding carboxylic acids is 4. The van der Waals surface area contributed by atoms with Crippen LogP contribution >= 0.6 is 34.4 Å². The maximum absolute atomic E-state index is 12.6. The van der Waals surface area contributed by atoms with Gasteiger partial charge in [-0.15, -0.1) is 23.1 Å². The van der Waals surface area contributed by atoms with E-state index >= 15 is 0 Å². The summed E-state index contributed by atoms with van der Waals surface area (Å²) in [5.41, 5.74) is 2.77. The summed E-state index contributed by atoms with van der Waals surface area (Å²) in [4.78, 5) is 55.7. The Hall–Kier alpha value is -2.96. The smallest absolute Gasteiger partial charge is 0.341 e. The average molecular weight is 576 g/mol. The highest BCUT2D eigenvalue weighted by molar-refractivity contribution is 8.00. The lowest BCUT2D eigenvalue weighted by molar-refractivity contribution is -0.115. The molecule has 1 N–H and O–H groups in total. The standard InChI is InChI=1S/C26H29N3O6S3/c1-4-29-17-11-10-15(24(32)34-5-2)12-19(17)38-26(29)28-21(31)14-36-13-20(30)27-23-22(25(33)35-6-3)16-8-7-9-18(16)37-23/h10-12H,4-9,13-14H2,1-3H3,(H,27,30). The third-order valence-electron chi connectivity index (χ3n) is 5.84. The Morgan fingerprint density at radius 3 is 2.53 bits per heavy atom. The molecule has 1 aliphatic carbocycles. The van der Waals surface area contributed by atoms with Gasteiger partial charge in [-0.2, -0.15) is 4.99 Å². The topological polar surface area (TPSA) is 116 Å². The average Bonchev–Trinajstić information content (AvgIpc) is 3.56. The van der Waals surface area contributed by atoms with Gasteiger partial charge < -0.3 is 19.4 Å². The number of thiazole rings is 1. The van der Waals surface area contributed by atoms with E-state index in [9.17, 15) is 19.2 Å². The molecule has 2 aromatic heterocycles. The quantitative estimate of drug-likeness (QED) is 0.356. The Balaban J connectivity index is 1.40. The zero-order chi connectivity index (χ0) is 27.2. The monoisotopic (exact) mass is 575 g/mol. The van der Waals surface area contributed by atoms with Gasteiger partial charge in [0.1, 0.15) is 5.00 Å². The SMILES string of the molecule is CCOC(=O)c1ccc2c(c1)sc(=NC(=O)CSCC(=O)Nc1sc3c(c1C(=O)OCC)CCC3)n2CC. The van der Waals surface area contributed by atoms with Gasteiger partial charge in [0.05, 0.1) is 46.1 Å². The summed E-state index contributed by atoms with van der Waals surface area (Å²) in [6.45, 7) is 6.63. The minimum atomic E-state index is -0.411. The van der Waals surface area contributed by atoms with E-state index in [2.05, 4.69) is 10.3 Å². The first-order valence-electron chi connectivity index (χ1n) is 12.4. The van der Waals surface area contributed by atoms with Crippen molar-refractivity contribution in [2.45, 2.75) is 46.6 Å². The molecule has 9 nitrogen and oxygen atoms in total. The highest BCUT2D eigenvalue weighted by Crippen LogP contribution is 2.39. The lowest BCUT2D eigenvalue weighted by Crippen LogP contribution is -2.19. The van der Waals surface area contributed by atoms with Crippen LogP contribution in [-0.2, 0) is 38.4 Å². The molecule has 3 aromatic rings. The van der Waals surface area contributed by atoms with Crippen LogP contribution in [0, 0.1) is 0 Å². The van der Waals surface area contributed by atoms with Gasteiger partial charge >= 0.3 is 11.9 Å². The normalized spacial score (nSPS) is 13.0. The first kappa shape index (κ1) is 28.1. The Bertz CT molecular complexity index is 1450. The van der Waals surface area contributed by atoms with Gasteiger partial charge in [-0.1, -0.05) is 11.3 Å². The van der Waals surface area contributed by atoms with E-state index in [-0.39, 0.29) is 29.9 Å². The van der Waals surface area contributed by atoms with Crippen molar-refractivity contribution in [2.24, 2.45) is 4.99 Å². The molecule has 202 valence electrons. The number of esters is 2.